The smallest absolute Gasteiger partial charge is 0.267 e. The normalized spacial score (nSPS) is 11.7. The molecule has 0 saturated carbocycles. The lowest BCUT2D eigenvalue weighted by molar-refractivity contribution is -0.124. The Kier molecular flexibility index (Phi) is 6.77. The maximum Gasteiger partial charge on any atom is 0.267 e. The summed E-state index contributed by atoms with van der Waals surface area (Å²) in [5, 5.41) is 9.21. The number of thiophene rings is 1. The SMILES string of the molecule is CC(C(=O)NCc1ccc(OCc2ccccc2)cc1)n1nc(-c2cccs2)ccc1=O. The quantitative estimate of drug-likeness (QED) is 0.436. The number of hydrogen-bond acceptors (Lipinski definition) is 5. The maximum atomic E-state index is 12.7. The predicted octanol–water partition coefficient (Wildman–Crippen LogP) is 4.43. The highest BCUT2D eigenvalue weighted by Gasteiger charge is 2.18. The van der Waals surface area contributed by atoms with Crippen LogP contribution in [0.1, 0.15) is 24.1 Å². The van der Waals surface area contributed by atoms with Crippen LogP contribution in [0, 0.1) is 0 Å². The number of carbonyl (C=O) groups excluding carboxylic acids is 1. The second-order valence-corrected chi connectivity index (χ2v) is 8.24. The van der Waals surface area contributed by atoms with Gasteiger partial charge in [-0.3, -0.25) is 9.59 Å². The Balaban J connectivity index is 1.34. The zero-order valence-electron chi connectivity index (χ0n) is 17.6. The van der Waals surface area contributed by atoms with Crippen LogP contribution in [0.3, 0.4) is 0 Å². The molecule has 4 aromatic rings. The average molecular weight is 446 g/mol. The Bertz CT molecular complexity index is 1220. The fourth-order valence-corrected chi connectivity index (χ4v) is 3.84. The van der Waals surface area contributed by atoms with Crippen LogP contribution in [0.2, 0.25) is 0 Å². The van der Waals surface area contributed by atoms with E-state index in [1.165, 1.54) is 22.1 Å². The predicted molar refractivity (Wildman–Crippen MR) is 126 cm³/mol. The summed E-state index contributed by atoms with van der Waals surface area (Å²) < 4.78 is 7.02. The third kappa shape index (κ3) is 5.31. The van der Waals surface area contributed by atoms with Crippen molar-refractivity contribution in [2.45, 2.75) is 26.1 Å². The molecule has 0 radical (unpaired) electrons. The number of rotatable bonds is 8. The first-order valence-corrected chi connectivity index (χ1v) is 11.2. The molecule has 1 atom stereocenters. The average Bonchev–Trinajstić information content (AvgIpc) is 3.37. The number of nitrogens with one attached hydrogen (secondary N) is 1. The molecule has 0 aliphatic carbocycles. The van der Waals surface area contributed by atoms with Gasteiger partial charge in [-0.25, -0.2) is 4.68 Å². The van der Waals surface area contributed by atoms with Gasteiger partial charge >= 0.3 is 0 Å². The van der Waals surface area contributed by atoms with Crippen LogP contribution in [0.5, 0.6) is 5.75 Å². The third-order valence-corrected chi connectivity index (χ3v) is 5.88. The van der Waals surface area contributed by atoms with E-state index >= 15 is 0 Å². The molecular formula is C25H23N3O3S. The van der Waals surface area contributed by atoms with Crippen molar-refractivity contribution >= 4 is 17.2 Å². The highest BCUT2D eigenvalue weighted by Crippen LogP contribution is 2.21. The van der Waals surface area contributed by atoms with Crippen LogP contribution in [0.25, 0.3) is 10.6 Å². The third-order valence-electron chi connectivity index (χ3n) is 4.98. The molecule has 0 fully saturated rings. The lowest BCUT2D eigenvalue weighted by Crippen LogP contribution is -2.36. The van der Waals surface area contributed by atoms with Gasteiger partial charge in [0.05, 0.1) is 4.88 Å². The summed E-state index contributed by atoms with van der Waals surface area (Å²) in [5.74, 6) is 0.491. The summed E-state index contributed by atoms with van der Waals surface area (Å²) in [5.41, 5.74) is 2.40. The van der Waals surface area contributed by atoms with Gasteiger partial charge in [0.2, 0.25) is 5.91 Å². The minimum atomic E-state index is -0.726. The molecule has 162 valence electrons. The lowest BCUT2D eigenvalue weighted by atomic mass is 10.2. The summed E-state index contributed by atoms with van der Waals surface area (Å²) >= 11 is 1.53. The molecule has 0 aliphatic heterocycles. The monoisotopic (exact) mass is 445 g/mol. The van der Waals surface area contributed by atoms with E-state index in [1.54, 1.807) is 13.0 Å². The number of aromatic nitrogens is 2. The Morgan fingerprint density at radius 2 is 1.78 bits per heavy atom. The largest absolute Gasteiger partial charge is 0.489 e. The standard InChI is InChI=1S/C25H23N3O3S/c1-18(28-24(29)14-13-22(27-28)23-8-5-15-32-23)25(30)26-16-19-9-11-21(12-10-19)31-17-20-6-3-2-4-7-20/h2-15,18H,16-17H2,1H3,(H,26,30). The van der Waals surface area contributed by atoms with Crippen molar-refractivity contribution in [2.24, 2.45) is 0 Å². The number of hydrogen-bond donors (Lipinski definition) is 1. The molecular weight excluding hydrogens is 422 g/mol. The van der Waals surface area contributed by atoms with Crippen molar-refractivity contribution in [3.8, 4) is 16.3 Å². The van der Waals surface area contributed by atoms with Gasteiger partial charge in [0.15, 0.2) is 0 Å². The molecule has 1 unspecified atom stereocenters. The van der Waals surface area contributed by atoms with Gasteiger partial charge in [-0.1, -0.05) is 48.5 Å². The van der Waals surface area contributed by atoms with Crippen molar-refractivity contribution < 1.29 is 9.53 Å². The van der Waals surface area contributed by atoms with Gasteiger partial charge in [0.1, 0.15) is 24.1 Å². The van der Waals surface area contributed by atoms with Crippen LogP contribution < -0.4 is 15.6 Å². The summed E-state index contributed by atoms with van der Waals surface area (Å²) in [7, 11) is 0. The van der Waals surface area contributed by atoms with Gasteiger partial charge in [0, 0.05) is 12.6 Å². The number of ether oxygens (including phenoxy) is 1. The summed E-state index contributed by atoms with van der Waals surface area (Å²) in [4.78, 5) is 25.9. The summed E-state index contributed by atoms with van der Waals surface area (Å²) in [6.45, 7) is 2.52. The van der Waals surface area contributed by atoms with Crippen LogP contribution in [-0.2, 0) is 17.9 Å². The Morgan fingerprint density at radius 1 is 1.00 bits per heavy atom. The molecule has 2 aromatic heterocycles. The highest BCUT2D eigenvalue weighted by atomic mass is 32.1. The Morgan fingerprint density at radius 3 is 2.50 bits per heavy atom. The van der Waals surface area contributed by atoms with Crippen molar-refractivity contribution in [2.75, 3.05) is 0 Å². The highest BCUT2D eigenvalue weighted by molar-refractivity contribution is 7.13. The summed E-state index contributed by atoms with van der Waals surface area (Å²) in [6, 6.07) is 23.8. The molecule has 32 heavy (non-hydrogen) atoms. The number of benzene rings is 2. The molecule has 1 amide bonds. The first-order valence-electron chi connectivity index (χ1n) is 10.3. The van der Waals surface area contributed by atoms with Crippen LogP contribution in [0.4, 0.5) is 0 Å². The molecule has 2 heterocycles. The second-order valence-electron chi connectivity index (χ2n) is 7.29. The first-order chi connectivity index (χ1) is 15.6. The van der Waals surface area contributed by atoms with Crippen LogP contribution in [-0.4, -0.2) is 15.7 Å². The first kappa shape index (κ1) is 21.5. The van der Waals surface area contributed by atoms with Gasteiger partial charge in [0.25, 0.3) is 5.56 Å². The van der Waals surface area contributed by atoms with E-state index in [-0.39, 0.29) is 11.5 Å². The maximum absolute atomic E-state index is 12.7. The van der Waals surface area contributed by atoms with Gasteiger partial charge in [-0.2, -0.15) is 5.10 Å². The molecule has 1 N–H and O–H groups in total. The van der Waals surface area contributed by atoms with E-state index in [2.05, 4.69) is 10.4 Å². The van der Waals surface area contributed by atoms with E-state index in [4.69, 9.17) is 4.74 Å². The van der Waals surface area contributed by atoms with Crippen molar-refractivity contribution in [3.63, 3.8) is 0 Å². The van der Waals surface area contributed by atoms with E-state index in [0.717, 1.165) is 21.8 Å². The molecule has 7 heteroatoms. The van der Waals surface area contributed by atoms with E-state index in [1.807, 2.05) is 72.1 Å². The van der Waals surface area contributed by atoms with Gasteiger partial charge in [-0.05, 0) is 47.7 Å². The topological polar surface area (TPSA) is 73.2 Å². The van der Waals surface area contributed by atoms with E-state index in [9.17, 15) is 9.59 Å². The molecule has 4 rings (SSSR count). The molecule has 6 nitrogen and oxygen atoms in total. The molecule has 0 spiro atoms. The number of carbonyl (C=O) groups is 1. The van der Waals surface area contributed by atoms with E-state index < -0.39 is 6.04 Å². The zero-order chi connectivity index (χ0) is 22.3. The van der Waals surface area contributed by atoms with Crippen molar-refractivity contribution in [1.29, 1.82) is 0 Å². The zero-order valence-corrected chi connectivity index (χ0v) is 18.4. The van der Waals surface area contributed by atoms with Gasteiger partial charge < -0.3 is 10.1 Å². The minimum Gasteiger partial charge on any atom is -0.489 e. The molecule has 0 bridgehead atoms. The fourth-order valence-electron chi connectivity index (χ4n) is 3.15. The Labute approximate surface area is 190 Å². The lowest BCUT2D eigenvalue weighted by Gasteiger charge is -2.15. The fraction of sp³-hybridized carbons (Fsp3) is 0.160. The Hall–Kier alpha value is -3.71. The second kappa shape index (κ2) is 10.1. The van der Waals surface area contributed by atoms with E-state index in [0.29, 0.717) is 18.8 Å². The molecule has 0 aliphatic rings. The summed E-state index contributed by atoms with van der Waals surface area (Å²) in [6.07, 6.45) is 0. The number of amides is 1. The van der Waals surface area contributed by atoms with Crippen molar-refractivity contribution in [3.05, 3.63) is 106 Å². The van der Waals surface area contributed by atoms with Gasteiger partial charge in [-0.15, -0.1) is 11.3 Å². The molecule has 2 aromatic carbocycles. The van der Waals surface area contributed by atoms with Crippen LogP contribution in [0.15, 0.2) is 89.0 Å². The van der Waals surface area contributed by atoms with Crippen molar-refractivity contribution in [1.82, 2.24) is 15.1 Å². The molecule has 0 saturated heterocycles. The minimum absolute atomic E-state index is 0.271. The number of nitrogens with zero attached hydrogens (tertiary/aromatic N) is 2. The van der Waals surface area contributed by atoms with Crippen LogP contribution >= 0.6 is 11.3 Å².